The molecule has 0 unspecified atom stereocenters. The molecule has 6 aromatic rings. The van der Waals surface area contributed by atoms with E-state index < -0.39 is 22.8 Å². The summed E-state index contributed by atoms with van der Waals surface area (Å²) in [6.07, 6.45) is 7.59. The third kappa shape index (κ3) is 9.35. The molecule has 12 nitrogen and oxygen atoms in total. The number of fused-ring (bicyclic) bond motifs is 2. The number of phenols is 2. The molecule has 0 saturated heterocycles. The molecule has 0 radical (unpaired) electrons. The van der Waals surface area contributed by atoms with E-state index in [1.165, 1.54) is 9.59 Å². The van der Waals surface area contributed by atoms with E-state index in [1.807, 2.05) is 90.1 Å². The summed E-state index contributed by atoms with van der Waals surface area (Å²) in [6, 6.07) is 21.4. The van der Waals surface area contributed by atoms with Gasteiger partial charge >= 0.3 is 11.9 Å². The fraction of sp³-hybridized carbons (Fsp3) is 0.409. The molecule has 0 amide bonds. The van der Waals surface area contributed by atoms with Crippen LogP contribution in [0.2, 0.25) is 0 Å². The van der Waals surface area contributed by atoms with E-state index in [-0.39, 0.29) is 11.5 Å². The van der Waals surface area contributed by atoms with Crippen LogP contribution in [0, 0.1) is 0 Å². The molecule has 56 heavy (non-hydrogen) atoms. The number of nitrogens with zero attached hydrogens (tertiary/aromatic N) is 6. The first-order valence-electron chi connectivity index (χ1n) is 19.4. The maximum Gasteiger partial charge on any atom is 0.338 e. The molecule has 0 bridgehead atoms. The second kappa shape index (κ2) is 16.9. The Morgan fingerprint density at radius 2 is 0.821 bits per heavy atom. The van der Waals surface area contributed by atoms with Gasteiger partial charge in [0, 0.05) is 11.1 Å². The lowest BCUT2D eigenvalue weighted by Gasteiger charge is -2.22. The molecule has 6 rings (SSSR count). The third-order valence-corrected chi connectivity index (χ3v) is 9.78. The van der Waals surface area contributed by atoms with Gasteiger partial charge < -0.3 is 19.7 Å². The molecule has 0 atom stereocenters. The molecule has 0 aliphatic heterocycles. The van der Waals surface area contributed by atoms with Crippen LogP contribution in [-0.4, -0.2) is 65.4 Å². The fourth-order valence-corrected chi connectivity index (χ4v) is 6.62. The highest BCUT2D eigenvalue weighted by Gasteiger charge is 2.27. The number of carbonyl (C=O) groups is 2. The molecule has 0 aliphatic carbocycles. The highest BCUT2D eigenvalue weighted by molar-refractivity contribution is 5.92. The van der Waals surface area contributed by atoms with Crippen LogP contribution >= 0.6 is 0 Å². The van der Waals surface area contributed by atoms with E-state index in [4.69, 9.17) is 9.47 Å². The summed E-state index contributed by atoms with van der Waals surface area (Å²) in [5.41, 5.74) is 4.46. The second-order valence-electron chi connectivity index (χ2n) is 16.3. The molecule has 0 aliphatic rings. The number of rotatable bonds is 15. The molecule has 2 heterocycles. The molecule has 2 aromatic heterocycles. The highest BCUT2D eigenvalue weighted by Crippen LogP contribution is 2.38. The molecule has 2 N–H and O–H groups in total. The first kappa shape index (κ1) is 39.9. The van der Waals surface area contributed by atoms with E-state index in [2.05, 4.69) is 20.4 Å². The van der Waals surface area contributed by atoms with E-state index in [1.54, 1.807) is 24.3 Å². The average Bonchev–Trinajstić information content (AvgIpc) is 3.79. The normalized spacial score (nSPS) is 12.0. The monoisotopic (exact) mass is 760 g/mol. The Bertz CT molecular complexity index is 2100. The number of esters is 2. The molecular formula is C44H52N6O6. The van der Waals surface area contributed by atoms with Crippen molar-refractivity contribution in [2.75, 3.05) is 13.2 Å². The molecule has 0 fully saturated rings. The zero-order chi connectivity index (χ0) is 40.0. The molecule has 0 saturated carbocycles. The van der Waals surface area contributed by atoms with Crippen LogP contribution in [0.1, 0.15) is 125 Å². The minimum atomic E-state index is -0.446. The lowest BCUT2D eigenvalue weighted by molar-refractivity contribution is 0.0487. The van der Waals surface area contributed by atoms with Gasteiger partial charge in [0.15, 0.2) is 0 Å². The number of ether oxygens (including phenoxy) is 2. The van der Waals surface area contributed by atoms with Crippen molar-refractivity contribution in [1.29, 1.82) is 0 Å². The fourth-order valence-electron chi connectivity index (χ4n) is 6.62. The summed E-state index contributed by atoms with van der Waals surface area (Å²) in [6.45, 7) is 12.5. The maximum absolute atomic E-state index is 13.1. The Kier molecular flexibility index (Phi) is 12.1. The van der Waals surface area contributed by atoms with Crippen LogP contribution in [0.4, 0.5) is 0 Å². The number of phenolic OH excluding ortho intramolecular Hbond substituents is 2. The van der Waals surface area contributed by atoms with Crippen molar-refractivity contribution in [2.45, 2.75) is 104 Å². The van der Waals surface area contributed by atoms with Crippen LogP contribution in [0.15, 0.2) is 72.8 Å². The van der Waals surface area contributed by atoms with Crippen molar-refractivity contribution in [3.63, 3.8) is 0 Å². The van der Waals surface area contributed by atoms with E-state index in [9.17, 15) is 19.8 Å². The number of hydrogen-bond acceptors (Lipinski definition) is 10. The van der Waals surface area contributed by atoms with E-state index >= 15 is 0 Å². The summed E-state index contributed by atoms with van der Waals surface area (Å²) in [7, 11) is 0. The van der Waals surface area contributed by atoms with Gasteiger partial charge in [0.2, 0.25) is 0 Å². The maximum atomic E-state index is 13.1. The standard InChI is InChI=1S/C44H52N6O6/c1-43(2,3)31-25-29(27-37(39(31)51)49-45-33-19-13-14-20-34(33)46-49)41(53)55-23-17-11-9-7-8-10-12-18-24-56-42(54)30-26-32(44(4,5)6)40(52)38(28-30)50-47-35-21-15-16-22-36(35)48-50/h13-16,19-22,25-28,51-52H,7-12,17-18,23-24H2,1-6H3. The van der Waals surface area contributed by atoms with Crippen molar-refractivity contribution >= 4 is 34.0 Å². The predicted molar refractivity (Wildman–Crippen MR) is 216 cm³/mol. The third-order valence-electron chi connectivity index (χ3n) is 9.78. The number of aromatic nitrogens is 6. The van der Waals surface area contributed by atoms with Crippen molar-refractivity contribution in [3.05, 3.63) is 95.1 Å². The van der Waals surface area contributed by atoms with Crippen LogP contribution in [0.25, 0.3) is 33.4 Å². The first-order chi connectivity index (χ1) is 26.7. The topological polar surface area (TPSA) is 154 Å². The van der Waals surface area contributed by atoms with Crippen molar-refractivity contribution in [3.8, 4) is 22.9 Å². The summed E-state index contributed by atoms with van der Waals surface area (Å²) in [4.78, 5) is 29.0. The first-order valence-corrected chi connectivity index (χ1v) is 19.4. The van der Waals surface area contributed by atoms with Crippen LogP contribution in [0.5, 0.6) is 11.5 Å². The number of unbranched alkanes of at least 4 members (excludes halogenated alkanes) is 7. The van der Waals surface area contributed by atoms with Crippen LogP contribution < -0.4 is 0 Å². The number of hydrogen-bond donors (Lipinski definition) is 2. The quantitative estimate of drug-likeness (QED) is 0.0764. The molecule has 12 heteroatoms. The van der Waals surface area contributed by atoms with Gasteiger partial charge in [0.1, 0.15) is 44.9 Å². The Balaban J connectivity index is 0.912. The Morgan fingerprint density at radius 3 is 1.12 bits per heavy atom. The lowest BCUT2D eigenvalue weighted by Crippen LogP contribution is -2.16. The van der Waals surface area contributed by atoms with Gasteiger partial charge in [0.25, 0.3) is 0 Å². The van der Waals surface area contributed by atoms with Crippen LogP contribution in [-0.2, 0) is 20.3 Å². The van der Waals surface area contributed by atoms with Gasteiger partial charge in [-0.2, -0.15) is 0 Å². The van der Waals surface area contributed by atoms with Gasteiger partial charge in [-0.05, 0) is 72.2 Å². The van der Waals surface area contributed by atoms with Gasteiger partial charge in [-0.3, -0.25) is 0 Å². The van der Waals surface area contributed by atoms with E-state index in [0.29, 0.717) is 68.9 Å². The lowest BCUT2D eigenvalue weighted by atomic mass is 9.85. The summed E-state index contributed by atoms with van der Waals surface area (Å²) in [5, 5.41) is 40.4. The summed E-state index contributed by atoms with van der Waals surface area (Å²) >= 11 is 0. The Hall–Kier alpha value is -5.78. The zero-order valence-corrected chi connectivity index (χ0v) is 33.2. The highest BCUT2D eigenvalue weighted by atomic mass is 16.5. The van der Waals surface area contributed by atoms with Crippen molar-refractivity contribution < 1.29 is 29.3 Å². The second-order valence-corrected chi connectivity index (χ2v) is 16.3. The Labute approximate surface area is 327 Å². The molecule has 0 spiro atoms. The number of benzene rings is 4. The van der Waals surface area contributed by atoms with Crippen molar-refractivity contribution in [1.82, 2.24) is 30.0 Å². The molecule has 4 aromatic carbocycles. The smallest absolute Gasteiger partial charge is 0.338 e. The molecular weight excluding hydrogens is 709 g/mol. The summed E-state index contributed by atoms with van der Waals surface area (Å²) < 4.78 is 11.3. The average molecular weight is 761 g/mol. The minimum Gasteiger partial charge on any atom is -0.505 e. The number of aromatic hydroxyl groups is 2. The largest absolute Gasteiger partial charge is 0.505 e. The van der Waals surface area contributed by atoms with E-state index in [0.717, 1.165) is 51.4 Å². The van der Waals surface area contributed by atoms with Crippen LogP contribution in [0.3, 0.4) is 0 Å². The van der Waals surface area contributed by atoms with Gasteiger partial charge in [-0.25, -0.2) is 9.59 Å². The summed E-state index contributed by atoms with van der Waals surface area (Å²) in [5.74, 6) is -0.824. The van der Waals surface area contributed by atoms with Crippen molar-refractivity contribution in [2.24, 2.45) is 0 Å². The zero-order valence-electron chi connectivity index (χ0n) is 33.2. The number of carbonyl (C=O) groups excluding carboxylic acids is 2. The SMILES string of the molecule is CC(C)(C)c1cc(C(=O)OCCCCCCCCCCOC(=O)c2cc(-n3nc4ccccc4n3)c(O)c(C(C)(C)C)c2)cc(-n2nc3ccccc3n2)c1O. The Morgan fingerprint density at radius 1 is 0.518 bits per heavy atom. The van der Waals surface area contributed by atoms with Gasteiger partial charge in [0.05, 0.1) is 24.3 Å². The van der Waals surface area contributed by atoms with Gasteiger partial charge in [-0.1, -0.05) is 104 Å². The minimum absolute atomic E-state index is 0.0339. The van der Waals surface area contributed by atoms with Gasteiger partial charge in [-0.15, -0.1) is 30.0 Å². The predicted octanol–water partition coefficient (Wildman–Crippen LogP) is 9.30. The molecule has 294 valence electrons.